The van der Waals surface area contributed by atoms with Crippen molar-refractivity contribution in [2.75, 3.05) is 28.2 Å². The summed E-state index contributed by atoms with van der Waals surface area (Å²) in [6.45, 7) is 3.85. The summed E-state index contributed by atoms with van der Waals surface area (Å²) < 4.78 is 0. The van der Waals surface area contributed by atoms with E-state index in [1.54, 1.807) is 0 Å². The highest BCUT2D eigenvalue weighted by Gasteiger charge is 2.43. The van der Waals surface area contributed by atoms with Crippen LogP contribution in [-0.2, 0) is 0 Å². The number of hydrogen-bond donors (Lipinski definition) is 2. The minimum atomic E-state index is -0.618. The number of nitrogens with two attached hydrogens (primary N) is 2. The van der Waals surface area contributed by atoms with Gasteiger partial charge in [-0.1, -0.05) is 0 Å². The minimum Gasteiger partial charge on any atom is -0.322 e. The molecule has 4 nitrogen and oxygen atoms in total. The van der Waals surface area contributed by atoms with Crippen molar-refractivity contribution in [2.45, 2.75) is 25.2 Å². The molecule has 12 heavy (non-hydrogen) atoms. The number of hydrogen-bond acceptors (Lipinski definition) is 4. The van der Waals surface area contributed by atoms with Gasteiger partial charge in [0.05, 0.1) is 5.54 Å². The Labute approximate surface area is 75.5 Å². The zero-order chi connectivity index (χ0) is 10.2. The van der Waals surface area contributed by atoms with E-state index in [1.807, 2.05) is 51.8 Å². The zero-order valence-corrected chi connectivity index (χ0v) is 9.05. The summed E-state index contributed by atoms with van der Waals surface area (Å²) in [5, 5.41) is 0. The van der Waals surface area contributed by atoms with Gasteiger partial charge in [-0.15, -0.1) is 0 Å². The highest BCUT2D eigenvalue weighted by atomic mass is 15.5. The molecule has 0 aromatic heterocycles. The van der Waals surface area contributed by atoms with Crippen LogP contribution in [0.4, 0.5) is 0 Å². The second kappa shape index (κ2) is 3.30. The average Bonchev–Trinajstić information content (AvgIpc) is 1.82. The topological polar surface area (TPSA) is 58.5 Å². The molecule has 0 bridgehead atoms. The van der Waals surface area contributed by atoms with E-state index in [1.165, 1.54) is 0 Å². The first-order chi connectivity index (χ1) is 5.14. The molecule has 4 N–H and O–H groups in total. The van der Waals surface area contributed by atoms with Crippen LogP contribution in [0.25, 0.3) is 0 Å². The van der Waals surface area contributed by atoms with Gasteiger partial charge >= 0.3 is 0 Å². The highest BCUT2D eigenvalue weighted by molar-refractivity contribution is 4.97. The molecule has 0 amide bonds. The SMILES string of the molecule is CN(C)C(N)(N(C)C)C(C)(C)N. The third-order valence-corrected chi connectivity index (χ3v) is 2.31. The minimum absolute atomic E-state index is 0.472. The monoisotopic (exact) mass is 174 g/mol. The summed E-state index contributed by atoms with van der Waals surface area (Å²) in [5.41, 5.74) is 11.7. The largest absolute Gasteiger partial charge is 0.322 e. The van der Waals surface area contributed by atoms with Gasteiger partial charge in [0.2, 0.25) is 0 Å². The van der Waals surface area contributed by atoms with Gasteiger partial charge in [-0.05, 0) is 42.0 Å². The summed E-state index contributed by atoms with van der Waals surface area (Å²) in [6.07, 6.45) is 0. The fourth-order valence-corrected chi connectivity index (χ4v) is 1.55. The van der Waals surface area contributed by atoms with Crippen molar-refractivity contribution in [3.05, 3.63) is 0 Å². The van der Waals surface area contributed by atoms with Crippen LogP contribution in [0, 0.1) is 0 Å². The van der Waals surface area contributed by atoms with Crippen LogP contribution in [0.2, 0.25) is 0 Å². The molecule has 74 valence electrons. The summed E-state index contributed by atoms with van der Waals surface area (Å²) >= 11 is 0. The van der Waals surface area contributed by atoms with E-state index < -0.39 is 11.3 Å². The molecule has 0 aliphatic carbocycles. The smallest absolute Gasteiger partial charge is 0.143 e. The fourth-order valence-electron chi connectivity index (χ4n) is 1.55. The maximum atomic E-state index is 6.19. The van der Waals surface area contributed by atoms with Crippen LogP contribution in [0.1, 0.15) is 13.8 Å². The second-order valence-corrected chi connectivity index (χ2v) is 4.24. The van der Waals surface area contributed by atoms with Crippen LogP contribution in [0.3, 0.4) is 0 Å². The fraction of sp³-hybridized carbons (Fsp3) is 1.00. The Bertz CT molecular complexity index is 138. The Morgan fingerprint density at radius 3 is 1.08 bits per heavy atom. The van der Waals surface area contributed by atoms with Gasteiger partial charge in [-0.3, -0.25) is 15.5 Å². The van der Waals surface area contributed by atoms with Gasteiger partial charge in [0.25, 0.3) is 0 Å². The average molecular weight is 174 g/mol. The number of likely N-dealkylation sites (N-methyl/N-ethyl adjacent to an activating group) is 2. The molecule has 0 radical (unpaired) electrons. The zero-order valence-electron chi connectivity index (χ0n) is 9.05. The Balaban J connectivity index is 4.89. The van der Waals surface area contributed by atoms with Crippen LogP contribution in [0.5, 0.6) is 0 Å². The van der Waals surface area contributed by atoms with E-state index in [4.69, 9.17) is 11.5 Å². The van der Waals surface area contributed by atoms with Gasteiger partial charge in [0.1, 0.15) is 5.79 Å². The van der Waals surface area contributed by atoms with Crippen molar-refractivity contribution in [2.24, 2.45) is 11.5 Å². The van der Waals surface area contributed by atoms with Crippen molar-refractivity contribution in [3.8, 4) is 0 Å². The molecule has 0 aromatic carbocycles. The van der Waals surface area contributed by atoms with Gasteiger partial charge in [-0.2, -0.15) is 0 Å². The first-order valence-corrected chi connectivity index (χ1v) is 4.06. The lowest BCUT2D eigenvalue weighted by molar-refractivity contribution is -0.0464. The molecule has 0 fully saturated rings. The van der Waals surface area contributed by atoms with E-state index in [0.717, 1.165) is 0 Å². The molecule has 0 saturated heterocycles. The first kappa shape index (κ1) is 11.8. The molecule has 0 aliphatic heterocycles. The Hall–Kier alpha value is -0.160. The molecule has 0 aromatic rings. The molecule has 0 atom stereocenters. The Morgan fingerprint density at radius 2 is 1.08 bits per heavy atom. The van der Waals surface area contributed by atoms with E-state index in [0.29, 0.717) is 0 Å². The van der Waals surface area contributed by atoms with Gasteiger partial charge in [0.15, 0.2) is 0 Å². The lowest BCUT2D eigenvalue weighted by Gasteiger charge is -2.50. The van der Waals surface area contributed by atoms with Crippen LogP contribution in [-0.4, -0.2) is 49.3 Å². The van der Waals surface area contributed by atoms with Crippen molar-refractivity contribution in [1.82, 2.24) is 9.80 Å². The predicted octanol–water partition coefficient (Wildman–Crippen LogP) is -0.541. The standard InChI is InChI=1S/C8H22N4/c1-7(2,9)8(10,11(3)4)12(5)6/h9-10H2,1-6H3. The molecule has 0 unspecified atom stereocenters. The van der Waals surface area contributed by atoms with Crippen molar-refractivity contribution in [3.63, 3.8) is 0 Å². The first-order valence-electron chi connectivity index (χ1n) is 4.06. The summed E-state index contributed by atoms with van der Waals surface area (Å²) in [7, 11) is 7.70. The van der Waals surface area contributed by atoms with Crippen LogP contribution >= 0.6 is 0 Å². The van der Waals surface area contributed by atoms with E-state index in [9.17, 15) is 0 Å². The molecule has 0 heterocycles. The number of rotatable bonds is 3. The maximum absolute atomic E-state index is 6.19. The molecule has 0 spiro atoms. The Kier molecular flexibility index (Phi) is 3.25. The highest BCUT2D eigenvalue weighted by Crippen LogP contribution is 2.20. The van der Waals surface area contributed by atoms with Crippen molar-refractivity contribution < 1.29 is 0 Å². The van der Waals surface area contributed by atoms with E-state index in [-0.39, 0.29) is 0 Å². The molecule has 0 saturated carbocycles. The van der Waals surface area contributed by atoms with Gasteiger partial charge < -0.3 is 5.73 Å². The van der Waals surface area contributed by atoms with E-state index in [2.05, 4.69) is 0 Å². The predicted molar refractivity (Wildman–Crippen MR) is 52.6 cm³/mol. The summed E-state index contributed by atoms with van der Waals surface area (Å²) in [6, 6.07) is 0. The summed E-state index contributed by atoms with van der Waals surface area (Å²) in [4.78, 5) is 3.85. The third kappa shape index (κ3) is 1.77. The van der Waals surface area contributed by atoms with Crippen molar-refractivity contribution in [1.29, 1.82) is 0 Å². The Morgan fingerprint density at radius 1 is 0.833 bits per heavy atom. The quantitative estimate of drug-likeness (QED) is 0.564. The normalized spacial score (nSPS) is 14.5. The second-order valence-electron chi connectivity index (χ2n) is 4.24. The van der Waals surface area contributed by atoms with Crippen molar-refractivity contribution >= 4 is 0 Å². The molecule has 0 rings (SSSR count). The van der Waals surface area contributed by atoms with Crippen LogP contribution < -0.4 is 11.5 Å². The lowest BCUT2D eigenvalue weighted by Crippen LogP contribution is -2.76. The number of nitrogens with zero attached hydrogens (tertiary/aromatic N) is 2. The van der Waals surface area contributed by atoms with Gasteiger partial charge in [-0.25, -0.2) is 0 Å². The molecular weight excluding hydrogens is 152 g/mol. The van der Waals surface area contributed by atoms with E-state index >= 15 is 0 Å². The lowest BCUT2D eigenvalue weighted by atomic mass is 9.95. The molecule has 4 heteroatoms. The molecular formula is C8H22N4. The van der Waals surface area contributed by atoms with Gasteiger partial charge in [0, 0.05) is 0 Å². The molecule has 0 aliphatic rings. The maximum Gasteiger partial charge on any atom is 0.143 e. The van der Waals surface area contributed by atoms with Crippen LogP contribution in [0.15, 0.2) is 0 Å². The third-order valence-electron chi connectivity index (χ3n) is 2.31. The summed E-state index contributed by atoms with van der Waals surface area (Å²) in [5.74, 6) is -0.618.